The minimum atomic E-state index is -3.46. The zero-order valence-corrected chi connectivity index (χ0v) is 10.1. The SMILES string of the molecule is O=S(=O)(Cc1ccccc1Cl)C[C@@H](O)CO. The minimum Gasteiger partial charge on any atom is -0.394 e. The summed E-state index contributed by atoms with van der Waals surface area (Å²) in [6.45, 7) is -0.568. The van der Waals surface area contributed by atoms with E-state index in [9.17, 15) is 8.42 Å². The van der Waals surface area contributed by atoms with Gasteiger partial charge in [-0.1, -0.05) is 29.8 Å². The van der Waals surface area contributed by atoms with Crippen LogP contribution in [0.5, 0.6) is 0 Å². The van der Waals surface area contributed by atoms with Crippen molar-refractivity contribution in [1.82, 2.24) is 0 Å². The van der Waals surface area contributed by atoms with Gasteiger partial charge in [-0.3, -0.25) is 0 Å². The summed E-state index contributed by atoms with van der Waals surface area (Å²) in [7, 11) is -3.46. The van der Waals surface area contributed by atoms with E-state index < -0.39 is 28.3 Å². The Morgan fingerprint density at radius 3 is 2.50 bits per heavy atom. The van der Waals surface area contributed by atoms with Crippen LogP contribution in [0.15, 0.2) is 24.3 Å². The zero-order valence-electron chi connectivity index (χ0n) is 8.51. The van der Waals surface area contributed by atoms with Crippen LogP contribution in [0.2, 0.25) is 5.02 Å². The van der Waals surface area contributed by atoms with Gasteiger partial charge in [-0.2, -0.15) is 0 Å². The Morgan fingerprint density at radius 1 is 1.31 bits per heavy atom. The molecule has 1 atom stereocenters. The van der Waals surface area contributed by atoms with E-state index in [-0.39, 0.29) is 5.75 Å². The second kappa shape index (κ2) is 5.63. The molecule has 0 aromatic heterocycles. The van der Waals surface area contributed by atoms with Crippen LogP contribution in [-0.2, 0) is 15.6 Å². The summed E-state index contributed by atoms with van der Waals surface area (Å²) in [6, 6.07) is 6.63. The third-order valence-corrected chi connectivity index (χ3v) is 4.00. The fourth-order valence-corrected chi connectivity index (χ4v) is 3.07. The van der Waals surface area contributed by atoms with Crippen molar-refractivity contribution in [2.45, 2.75) is 11.9 Å². The second-order valence-corrected chi connectivity index (χ2v) is 6.00. The van der Waals surface area contributed by atoms with E-state index in [0.29, 0.717) is 10.6 Å². The Morgan fingerprint density at radius 2 is 1.94 bits per heavy atom. The van der Waals surface area contributed by atoms with Crippen molar-refractivity contribution in [3.05, 3.63) is 34.9 Å². The molecular formula is C10H13ClO4S. The van der Waals surface area contributed by atoms with Crippen LogP contribution in [0.4, 0.5) is 0 Å². The fourth-order valence-electron chi connectivity index (χ4n) is 1.26. The maximum atomic E-state index is 11.6. The first-order chi connectivity index (χ1) is 7.44. The Kier molecular flexibility index (Phi) is 4.73. The summed E-state index contributed by atoms with van der Waals surface area (Å²) in [4.78, 5) is 0. The summed E-state index contributed by atoms with van der Waals surface area (Å²) in [5, 5.41) is 18.0. The molecule has 4 nitrogen and oxygen atoms in total. The number of hydrogen-bond donors (Lipinski definition) is 2. The maximum absolute atomic E-state index is 11.6. The maximum Gasteiger partial charge on any atom is 0.157 e. The van der Waals surface area contributed by atoms with Gasteiger partial charge in [-0.25, -0.2) is 8.42 Å². The molecule has 0 saturated heterocycles. The molecule has 0 amide bonds. The predicted molar refractivity (Wildman–Crippen MR) is 62.0 cm³/mol. The molecule has 0 radical (unpaired) electrons. The lowest BCUT2D eigenvalue weighted by Gasteiger charge is -2.09. The van der Waals surface area contributed by atoms with Gasteiger partial charge in [0.15, 0.2) is 9.84 Å². The van der Waals surface area contributed by atoms with Crippen LogP contribution < -0.4 is 0 Å². The topological polar surface area (TPSA) is 74.6 Å². The molecule has 0 saturated carbocycles. The van der Waals surface area contributed by atoms with E-state index in [1.807, 2.05) is 0 Å². The van der Waals surface area contributed by atoms with Crippen molar-refractivity contribution in [2.75, 3.05) is 12.4 Å². The molecule has 0 aliphatic heterocycles. The monoisotopic (exact) mass is 264 g/mol. The molecule has 6 heteroatoms. The van der Waals surface area contributed by atoms with Gasteiger partial charge in [0.05, 0.1) is 24.2 Å². The van der Waals surface area contributed by atoms with Crippen molar-refractivity contribution in [1.29, 1.82) is 0 Å². The average molecular weight is 265 g/mol. The molecule has 1 aromatic carbocycles. The lowest BCUT2D eigenvalue weighted by Crippen LogP contribution is -2.25. The third kappa shape index (κ3) is 4.09. The summed E-state index contributed by atoms with van der Waals surface area (Å²) >= 11 is 5.82. The van der Waals surface area contributed by atoms with Crippen LogP contribution in [0.25, 0.3) is 0 Å². The average Bonchev–Trinajstić information content (AvgIpc) is 2.20. The van der Waals surface area contributed by atoms with Crippen LogP contribution in [-0.4, -0.2) is 37.1 Å². The molecule has 16 heavy (non-hydrogen) atoms. The van der Waals surface area contributed by atoms with Crippen LogP contribution in [0.3, 0.4) is 0 Å². The van der Waals surface area contributed by atoms with Crippen molar-refractivity contribution in [3.63, 3.8) is 0 Å². The molecular weight excluding hydrogens is 252 g/mol. The highest BCUT2D eigenvalue weighted by molar-refractivity contribution is 7.90. The van der Waals surface area contributed by atoms with Gasteiger partial charge in [0.2, 0.25) is 0 Å². The fraction of sp³-hybridized carbons (Fsp3) is 0.400. The van der Waals surface area contributed by atoms with E-state index >= 15 is 0 Å². The number of halogens is 1. The van der Waals surface area contributed by atoms with Gasteiger partial charge in [-0.15, -0.1) is 0 Å². The molecule has 0 bridgehead atoms. The zero-order chi connectivity index (χ0) is 12.2. The molecule has 2 N–H and O–H groups in total. The molecule has 0 heterocycles. The van der Waals surface area contributed by atoms with Gasteiger partial charge in [0, 0.05) is 5.02 Å². The number of aliphatic hydroxyl groups excluding tert-OH is 2. The smallest absolute Gasteiger partial charge is 0.157 e. The quantitative estimate of drug-likeness (QED) is 0.817. The second-order valence-electron chi connectivity index (χ2n) is 3.48. The molecule has 0 fully saturated rings. The minimum absolute atomic E-state index is 0.232. The highest BCUT2D eigenvalue weighted by Crippen LogP contribution is 2.18. The molecule has 0 aliphatic carbocycles. The highest BCUT2D eigenvalue weighted by Gasteiger charge is 2.18. The number of hydrogen-bond acceptors (Lipinski definition) is 4. The van der Waals surface area contributed by atoms with Gasteiger partial charge < -0.3 is 10.2 Å². The van der Waals surface area contributed by atoms with Crippen molar-refractivity contribution < 1.29 is 18.6 Å². The normalized spacial score (nSPS) is 13.7. The van der Waals surface area contributed by atoms with Crippen LogP contribution >= 0.6 is 11.6 Å². The Hall–Kier alpha value is -0.620. The van der Waals surface area contributed by atoms with Gasteiger partial charge in [-0.05, 0) is 11.6 Å². The number of rotatable bonds is 5. The number of sulfone groups is 1. The lowest BCUT2D eigenvalue weighted by atomic mass is 10.2. The van der Waals surface area contributed by atoms with Crippen molar-refractivity contribution >= 4 is 21.4 Å². The van der Waals surface area contributed by atoms with E-state index in [1.165, 1.54) is 0 Å². The lowest BCUT2D eigenvalue weighted by molar-refractivity contribution is 0.112. The summed E-state index contributed by atoms with van der Waals surface area (Å²) in [5.41, 5.74) is 0.495. The highest BCUT2D eigenvalue weighted by atomic mass is 35.5. The molecule has 0 aliphatic rings. The molecule has 1 rings (SSSR count). The Balaban J connectivity index is 2.77. The van der Waals surface area contributed by atoms with Gasteiger partial charge in [0.25, 0.3) is 0 Å². The Labute approximate surface area is 99.4 Å². The number of aliphatic hydroxyl groups is 2. The summed E-state index contributed by atoms with van der Waals surface area (Å²) in [6.07, 6.45) is -1.24. The first-order valence-electron chi connectivity index (χ1n) is 4.67. The Bertz CT molecular complexity index is 444. The largest absolute Gasteiger partial charge is 0.394 e. The summed E-state index contributed by atoms with van der Waals surface area (Å²) in [5.74, 6) is -0.696. The summed E-state index contributed by atoms with van der Waals surface area (Å²) < 4.78 is 23.2. The molecule has 0 unspecified atom stereocenters. The molecule has 90 valence electrons. The standard InChI is InChI=1S/C10H13ClO4S/c11-10-4-2-1-3-8(10)6-16(14,15)7-9(13)5-12/h1-4,9,12-13H,5-7H2/t9-/m0/s1. The van der Waals surface area contributed by atoms with Crippen LogP contribution in [0.1, 0.15) is 5.56 Å². The van der Waals surface area contributed by atoms with Crippen molar-refractivity contribution in [3.8, 4) is 0 Å². The van der Waals surface area contributed by atoms with Gasteiger partial charge in [0.1, 0.15) is 0 Å². The first kappa shape index (κ1) is 13.4. The van der Waals surface area contributed by atoms with Crippen molar-refractivity contribution in [2.24, 2.45) is 0 Å². The first-order valence-corrected chi connectivity index (χ1v) is 6.87. The van der Waals surface area contributed by atoms with Gasteiger partial charge >= 0.3 is 0 Å². The van der Waals surface area contributed by atoms with E-state index in [2.05, 4.69) is 0 Å². The predicted octanol–water partition coefficient (Wildman–Crippen LogP) is 0.608. The number of benzene rings is 1. The van der Waals surface area contributed by atoms with E-state index in [1.54, 1.807) is 24.3 Å². The molecule has 1 aromatic rings. The van der Waals surface area contributed by atoms with E-state index in [0.717, 1.165) is 0 Å². The third-order valence-electron chi connectivity index (χ3n) is 1.99. The molecule has 0 spiro atoms. The van der Waals surface area contributed by atoms with E-state index in [4.69, 9.17) is 21.8 Å². The van der Waals surface area contributed by atoms with Crippen LogP contribution in [0, 0.1) is 0 Å².